The molecule has 0 saturated heterocycles. The van der Waals surface area contributed by atoms with E-state index in [9.17, 15) is 14.7 Å². The van der Waals surface area contributed by atoms with Gasteiger partial charge in [-0.15, -0.1) is 0 Å². The Morgan fingerprint density at radius 3 is 2.11 bits per heavy atom. The van der Waals surface area contributed by atoms with Gasteiger partial charge in [-0.1, -0.05) is 39.0 Å². The molecular formula is C13H24O5. The average molecular weight is 260 g/mol. The summed E-state index contributed by atoms with van der Waals surface area (Å²) in [7, 11) is 0. The molecule has 0 aromatic rings. The SMILES string of the molecule is CCCCCCCC(O)C(CCC(=O)O)C(=O)O. The topological polar surface area (TPSA) is 94.8 Å². The van der Waals surface area contributed by atoms with E-state index in [2.05, 4.69) is 6.92 Å². The summed E-state index contributed by atoms with van der Waals surface area (Å²) in [5, 5.41) is 27.2. The maximum atomic E-state index is 10.9. The minimum absolute atomic E-state index is 0.0131. The Hall–Kier alpha value is -1.10. The molecule has 0 amide bonds. The van der Waals surface area contributed by atoms with Gasteiger partial charge >= 0.3 is 11.9 Å². The molecule has 0 radical (unpaired) electrons. The van der Waals surface area contributed by atoms with Crippen molar-refractivity contribution in [1.82, 2.24) is 0 Å². The molecule has 0 aromatic carbocycles. The highest BCUT2D eigenvalue weighted by molar-refractivity contribution is 5.72. The van der Waals surface area contributed by atoms with Gasteiger partial charge in [0.2, 0.25) is 0 Å². The second-order valence-electron chi connectivity index (χ2n) is 4.65. The summed E-state index contributed by atoms with van der Waals surface area (Å²) in [5.41, 5.74) is 0. The van der Waals surface area contributed by atoms with E-state index in [0.717, 1.165) is 32.1 Å². The molecule has 5 heteroatoms. The molecule has 0 spiro atoms. The quantitative estimate of drug-likeness (QED) is 0.495. The molecular weight excluding hydrogens is 236 g/mol. The minimum Gasteiger partial charge on any atom is -0.481 e. The van der Waals surface area contributed by atoms with Crippen LogP contribution < -0.4 is 0 Å². The Balaban J connectivity index is 3.94. The first kappa shape index (κ1) is 16.9. The summed E-state index contributed by atoms with van der Waals surface area (Å²) in [6.45, 7) is 2.11. The van der Waals surface area contributed by atoms with Gasteiger partial charge in [-0.3, -0.25) is 9.59 Å². The number of carboxylic acids is 2. The van der Waals surface area contributed by atoms with Crippen LogP contribution in [0.25, 0.3) is 0 Å². The van der Waals surface area contributed by atoms with Crippen molar-refractivity contribution in [1.29, 1.82) is 0 Å². The first-order chi connectivity index (χ1) is 8.49. The highest BCUT2D eigenvalue weighted by Crippen LogP contribution is 2.18. The van der Waals surface area contributed by atoms with Gasteiger partial charge < -0.3 is 15.3 Å². The minimum atomic E-state index is -1.11. The lowest BCUT2D eigenvalue weighted by atomic mass is 9.93. The van der Waals surface area contributed by atoms with Crippen molar-refractivity contribution >= 4 is 11.9 Å². The van der Waals surface area contributed by atoms with E-state index in [0.29, 0.717) is 6.42 Å². The van der Waals surface area contributed by atoms with Crippen molar-refractivity contribution in [2.24, 2.45) is 5.92 Å². The van der Waals surface area contributed by atoms with Crippen LogP contribution in [0.4, 0.5) is 0 Å². The number of aliphatic hydroxyl groups excluding tert-OH is 1. The van der Waals surface area contributed by atoms with E-state index >= 15 is 0 Å². The molecule has 2 unspecified atom stereocenters. The molecule has 0 saturated carbocycles. The Morgan fingerprint density at radius 2 is 1.61 bits per heavy atom. The summed E-state index contributed by atoms with van der Waals surface area (Å²) in [6.07, 6.45) is 4.41. The van der Waals surface area contributed by atoms with E-state index in [1.165, 1.54) is 0 Å². The van der Waals surface area contributed by atoms with Crippen LogP contribution in [0.2, 0.25) is 0 Å². The summed E-state index contributed by atoms with van der Waals surface area (Å²) in [5.74, 6) is -3.11. The zero-order chi connectivity index (χ0) is 14.0. The van der Waals surface area contributed by atoms with Crippen LogP contribution in [0.1, 0.15) is 58.3 Å². The zero-order valence-electron chi connectivity index (χ0n) is 11.0. The molecule has 0 heterocycles. The van der Waals surface area contributed by atoms with E-state index in [-0.39, 0.29) is 12.8 Å². The maximum Gasteiger partial charge on any atom is 0.309 e. The van der Waals surface area contributed by atoms with Gasteiger partial charge in [-0.2, -0.15) is 0 Å². The monoisotopic (exact) mass is 260 g/mol. The lowest BCUT2D eigenvalue weighted by molar-refractivity contribution is -0.147. The third kappa shape index (κ3) is 8.06. The third-order valence-electron chi connectivity index (χ3n) is 3.05. The molecule has 18 heavy (non-hydrogen) atoms. The van der Waals surface area contributed by atoms with Gasteiger partial charge in [0.15, 0.2) is 0 Å². The van der Waals surface area contributed by atoms with Crippen molar-refractivity contribution in [3.63, 3.8) is 0 Å². The summed E-state index contributed by atoms with van der Waals surface area (Å²) in [6, 6.07) is 0. The van der Waals surface area contributed by atoms with Gasteiger partial charge in [0.1, 0.15) is 0 Å². The second kappa shape index (κ2) is 9.88. The molecule has 0 rings (SSSR count). The van der Waals surface area contributed by atoms with Crippen LogP contribution >= 0.6 is 0 Å². The Labute approximate surface area is 108 Å². The molecule has 2 atom stereocenters. The molecule has 106 valence electrons. The normalized spacial score (nSPS) is 14.1. The number of aliphatic carboxylic acids is 2. The molecule has 0 aromatic heterocycles. The predicted octanol–water partition coefficient (Wildman–Crippen LogP) is 2.27. The van der Waals surface area contributed by atoms with Gasteiger partial charge in [0.05, 0.1) is 12.0 Å². The van der Waals surface area contributed by atoms with Crippen molar-refractivity contribution in [3.8, 4) is 0 Å². The van der Waals surface area contributed by atoms with E-state index < -0.39 is 24.0 Å². The van der Waals surface area contributed by atoms with E-state index in [4.69, 9.17) is 10.2 Å². The third-order valence-corrected chi connectivity index (χ3v) is 3.05. The number of hydrogen-bond acceptors (Lipinski definition) is 3. The summed E-state index contributed by atoms with van der Waals surface area (Å²) in [4.78, 5) is 21.3. The van der Waals surface area contributed by atoms with Crippen LogP contribution in [-0.2, 0) is 9.59 Å². The predicted molar refractivity (Wildman–Crippen MR) is 67.4 cm³/mol. The number of carbonyl (C=O) groups is 2. The van der Waals surface area contributed by atoms with Gasteiger partial charge in [0.25, 0.3) is 0 Å². The van der Waals surface area contributed by atoms with Crippen LogP contribution in [0, 0.1) is 5.92 Å². The number of hydrogen-bond donors (Lipinski definition) is 3. The number of rotatable bonds is 11. The summed E-state index contributed by atoms with van der Waals surface area (Å²) >= 11 is 0. The average Bonchev–Trinajstić information content (AvgIpc) is 2.28. The fourth-order valence-corrected chi connectivity index (χ4v) is 1.92. The van der Waals surface area contributed by atoms with Crippen molar-refractivity contribution < 1.29 is 24.9 Å². The largest absolute Gasteiger partial charge is 0.481 e. The smallest absolute Gasteiger partial charge is 0.309 e. The number of unbranched alkanes of at least 4 members (excludes halogenated alkanes) is 4. The maximum absolute atomic E-state index is 10.9. The molecule has 3 N–H and O–H groups in total. The fraction of sp³-hybridized carbons (Fsp3) is 0.846. The molecule has 5 nitrogen and oxygen atoms in total. The molecule has 0 aliphatic rings. The lowest BCUT2D eigenvalue weighted by Gasteiger charge is -2.18. The Bertz CT molecular complexity index is 252. The summed E-state index contributed by atoms with van der Waals surface area (Å²) < 4.78 is 0. The standard InChI is InChI=1S/C13H24O5/c1-2-3-4-5-6-7-11(14)10(13(17)18)8-9-12(15)16/h10-11,14H,2-9H2,1H3,(H,15,16)(H,17,18). The zero-order valence-corrected chi connectivity index (χ0v) is 11.0. The van der Waals surface area contributed by atoms with E-state index in [1.54, 1.807) is 0 Å². The molecule has 0 bridgehead atoms. The van der Waals surface area contributed by atoms with Gasteiger partial charge in [0, 0.05) is 6.42 Å². The van der Waals surface area contributed by atoms with Crippen molar-refractivity contribution in [3.05, 3.63) is 0 Å². The molecule has 0 aliphatic heterocycles. The number of aliphatic hydroxyl groups is 1. The van der Waals surface area contributed by atoms with Crippen molar-refractivity contribution in [2.45, 2.75) is 64.4 Å². The van der Waals surface area contributed by atoms with Gasteiger partial charge in [-0.05, 0) is 12.8 Å². The number of carboxylic acid groups (broad SMARTS) is 2. The van der Waals surface area contributed by atoms with E-state index in [1.807, 2.05) is 0 Å². The Kier molecular flexibility index (Phi) is 9.28. The second-order valence-corrected chi connectivity index (χ2v) is 4.65. The Morgan fingerprint density at radius 1 is 1.00 bits per heavy atom. The van der Waals surface area contributed by atoms with Gasteiger partial charge in [-0.25, -0.2) is 0 Å². The highest BCUT2D eigenvalue weighted by atomic mass is 16.4. The fourth-order valence-electron chi connectivity index (χ4n) is 1.92. The highest BCUT2D eigenvalue weighted by Gasteiger charge is 2.26. The molecule has 0 aliphatic carbocycles. The van der Waals surface area contributed by atoms with Crippen LogP contribution in [0.5, 0.6) is 0 Å². The first-order valence-electron chi connectivity index (χ1n) is 6.61. The first-order valence-corrected chi connectivity index (χ1v) is 6.61. The van der Waals surface area contributed by atoms with Crippen molar-refractivity contribution in [2.75, 3.05) is 0 Å². The van der Waals surface area contributed by atoms with Crippen LogP contribution in [-0.4, -0.2) is 33.4 Å². The van der Waals surface area contributed by atoms with Crippen LogP contribution in [0.15, 0.2) is 0 Å². The molecule has 0 fully saturated rings. The van der Waals surface area contributed by atoms with Crippen LogP contribution in [0.3, 0.4) is 0 Å². The lowest BCUT2D eigenvalue weighted by Crippen LogP contribution is -2.28.